The van der Waals surface area contributed by atoms with Crippen molar-refractivity contribution in [1.29, 1.82) is 0 Å². The van der Waals surface area contributed by atoms with Crippen LogP contribution in [0, 0.1) is 0 Å². The van der Waals surface area contributed by atoms with Crippen molar-refractivity contribution in [2.75, 3.05) is 5.73 Å². The molecule has 0 aliphatic rings. The number of anilines is 1. The van der Waals surface area contributed by atoms with E-state index >= 15 is 0 Å². The second kappa shape index (κ2) is 4.20. The van der Waals surface area contributed by atoms with E-state index in [9.17, 15) is 0 Å². The summed E-state index contributed by atoms with van der Waals surface area (Å²) in [5.74, 6) is 0. The van der Waals surface area contributed by atoms with Gasteiger partial charge in [0.25, 0.3) is 0 Å². The highest BCUT2D eigenvalue weighted by Gasteiger charge is 1.93. The summed E-state index contributed by atoms with van der Waals surface area (Å²) in [5, 5.41) is 11.2. The molecule has 1 rings (SSSR count). The molecule has 0 aromatic heterocycles. The third kappa shape index (κ3) is 2.77. The molecule has 0 saturated heterocycles. The van der Waals surface area contributed by atoms with Crippen LogP contribution in [0.4, 0.5) is 5.69 Å². The van der Waals surface area contributed by atoms with Gasteiger partial charge in [-0.1, -0.05) is 5.04 Å². The normalized spacial score (nSPS) is 9.91. The fourth-order valence-corrected chi connectivity index (χ4v) is 0.934. The van der Waals surface area contributed by atoms with Gasteiger partial charge in [-0.05, 0) is 24.3 Å². The lowest BCUT2D eigenvalue weighted by Crippen LogP contribution is -1.83. The van der Waals surface area contributed by atoms with E-state index in [2.05, 4.69) is 9.37 Å². The van der Waals surface area contributed by atoms with E-state index in [1.54, 1.807) is 24.3 Å². The lowest BCUT2D eigenvalue weighted by Gasteiger charge is -1.96. The van der Waals surface area contributed by atoms with E-state index < -0.39 is 0 Å². The minimum Gasteiger partial charge on any atom is -0.399 e. The minimum absolute atomic E-state index is 0.680. The molecule has 60 valence electrons. The highest BCUT2D eigenvalue weighted by atomic mass is 32.2. The summed E-state index contributed by atoms with van der Waals surface area (Å²) in [6, 6.07) is 6.95. The van der Waals surface area contributed by atoms with E-state index in [4.69, 9.17) is 11.0 Å². The summed E-state index contributed by atoms with van der Waals surface area (Å²) in [6.07, 6.45) is 0. The fraction of sp³-hybridized carbons (Fsp3) is 0. The molecule has 11 heavy (non-hydrogen) atoms. The summed E-state index contributed by atoms with van der Waals surface area (Å²) in [5.41, 5.74) is 6.10. The minimum atomic E-state index is 0.680. The molecule has 0 bridgehead atoms. The van der Waals surface area contributed by atoms with Crippen molar-refractivity contribution in [2.45, 2.75) is 4.90 Å². The standard InChI is InChI=1S/C6H7NO3S/c7-5-1-3-6(4-2-5)11-10-9-8/h1-4,8H,7H2. The monoisotopic (exact) mass is 173 g/mol. The smallest absolute Gasteiger partial charge is 0.0714 e. The van der Waals surface area contributed by atoms with Crippen molar-refractivity contribution in [2.24, 2.45) is 0 Å². The van der Waals surface area contributed by atoms with E-state index in [1.807, 2.05) is 0 Å². The Morgan fingerprint density at radius 2 is 1.91 bits per heavy atom. The Bertz CT molecular complexity index is 214. The third-order valence-electron chi connectivity index (χ3n) is 1.04. The lowest BCUT2D eigenvalue weighted by atomic mass is 10.3. The van der Waals surface area contributed by atoms with Crippen molar-refractivity contribution in [3.63, 3.8) is 0 Å². The molecule has 1 aromatic rings. The molecule has 4 nitrogen and oxygen atoms in total. The van der Waals surface area contributed by atoms with Crippen molar-refractivity contribution in [3.05, 3.63) is 24.3 Å². The molecular formula is C6H7NO3S. The molecule has 5 heteroatoms. The Kier molecular flexibility index (Phi) is 3.18. The largest absolute Gasteiger partial charge is 0.399 e. The van der Waals surface area contributed by atoms with Gasteiger partial charge in [0.2, 0.25) is 0 Å². The summed E-state index contributed by atoms with van der Waals surface area (Å²) in [6.45, 7) is 0. The molecule has 0 radical (unpaired) electrons. The first-order valence-corrected chi connectivity index (χ1v) is 3.57. The molecule has 0 saturated carbocycles. The predicted octanol–water partition coefficient (Wildman–Crippen LogP) is 1.70. The number of hydrogen-bond acceptors (Lipinski definition) is 5. The van der Waals surface area contributed by atoms with Crippen LogP contribution in [0.1, 0.15) is 0 Å². The van der Waals surface area contributed by atoms with Gasteiger partial charge in [0.05, 0.1) is 12.0 Å². The molecule has 0 aliphatic heterocycles. The van der Waals surface area contributed by atoms with Crippen molar-refractivity contribution in [3.8, 4) is 0 Å². The predicted molar refractivity (Wildman–Crippen MR) is 41.5 cm³/mol. The summed E-state index contributed by atoms with van der Waals surface area (Å²) in [4.78, 5) is 0.799. The van der Waals surface area contributed by atoms with Crippen LogP contribution in [0.15, 0.2) is 29.2 Å². The Labute approximate surface area is 68.0 Å². The highest BCUT2D eigenvalue weighted by molar-refractivity contribution is 7.94. The van der Waals surface area contributed by atoms with Gasteiger partial charge >= 0.3 is 0 Å². The summed E-state index contributed by atoms with van der Waals surface area (Å²) < 4.78 is 4.19. The third-order valence-corrected chi connectivity index (χ3v) is 1.63. The van der Waals surface area contributed by atoms with Gasteiger partial charge in [-0.2, -0.15) is 0 Å². The second-order valence-corrected chi connectivity index (χ2v) is 2.57. The topological polar surface area (TPSA) is 64.7 Å². The number of benzene rings is 1. The maximum absolute atomic E-state index is 7.81. The van der Waals surface area contributed by atoms with Gasteiger partial charge < -0.3 is 5.73 Å². The van der Waals surface area contributed by atoms with Gasteiger partial charge in [0.1, 0.15) is 0 Å². The zero-order valence-electron chi connectivity index (χ0n) is 5.56. The van der Waals surface area contributed by atoms with Crippen molar-refractivity contribution in [1.82, 2.24) is 0 Å². The SMILES string of the molecule is Nc1ccc(SOOO)cc1. The van der Waals surface area contributed by atoms with Crippen LogP contribution in [0.3, 0.4) is 0 Å². The zero-order valence-corrected chi connectivity index (χ0v) is 6.38. The summed E-state index contributed by atoms with van der Waals surface area (Å²) >= 11 is 0.901. The lowest BCUT2D eigenvalue weighted by molar-refractivity contribution is -0.432. The Hall–Kier alpha value is -0.750. The average Bonchev–Trinajstić information content (AvgIpc) is 2.04. The first-order chi connectivity index (χ1) is 5.33. The van der Waals surface area contributed by atoms with Crippen LogP contribution in [-0.2, 0) is 9.37 Å². The van der Waals surface area contributed by atoms with E-state index in [0.717, 1.165) is 16.9 Å². The quantitative estimate of drug-likeness (QED) is 0.315. The first-order valence-electron chi connectivity index (χ1n) is 2.83. The summed E-state index contributed by atoms with van der Waals surface area (Å²) in [7, 11) is 0. The fourth-order valence-electron chi connectivity index (χ4n) is 0.578. The molecule has 1 aromatic carbocycles. The number of hydrogen-bond donors (Lipinski definition) is 2. The van der Waals surface area contributed by atoms with Crippen LogP contribution in [-0.4, -0.2) is 5.26 Å². The van der Waals surface area contributed by atoms with Crippen LogP contribution >= 0.6 is 12.0 Å². The molecule has 0 aliphatic carbocycles. The van der Waals surface area contributed by atoms with Gasteiger partial charge in [-0.15, -0.1) is 4.33 Å². The van der Waals surface area contributed by atoms with E-state index in [0.29, 0.717) is 5.69 Å². The molecular weight excluding hydrogens is 166 g/mol. The molecule has 0 spiro atoms. The Morgan fingerprint density at radius 1 is 1.27 bits per heavy atom. The molecule has 0 fully saturated rings. The maximum Gasteiger partial charge on any atom is 0.0714 e. The highest BCUT2D eigenvalue weighted by Crippen LogP contribution is 2.19. The van der Waals surface area contributed by atoms with Crippen LogP contribution in [0.2, 0.25) is 0 Å². The Morgan fingerprint density at radius 3 is 2.45 bits per heavy atom. The van der Waals surface area contributed by atoms with Gasteiger partial charge in [-0.3, -0.25) is 0 Å². The van der Waals surface area contributed by atoms with Gasteiger partial charge in [0, 0.05) is 10.6 Å². The van der Waals surface area contributed by atoms with Crippen LogP contribution in [0.25, 0.3) is 0 Å². The molecule has 0 heterocycles. The van der Waals surface area contributed by atoms with Crippen molar-refractivity contribution >= 4 is 17.7 Å². The first kappa shape index (κ1) is 8.35. The second-order valence-electron chi connectivity index (χ2n) is 1.79. The van der Waals surface area contributed by atoms with E-state index in [1.165, 1.54) is 0 Å². The van der Waals surface area contributed by atoms with Crippen LogP contribution in [0.5, 0.6) is 0 Å². The number of rotatable bonds is 3. The average molecular weight is 173 g/mol. The molecule has 0 atom stereocenters. The van der Waals surface area contributed by atoms with Crippen LogP contribution < -0.4 is 5.73 Å². The van der Waals surface area contributed by atoms with E-state index in [-0.39, 0.29) is 0 Å². The van der Waals surface area contributed by atoms with Gasteiger partial charge in [-0.25, -0.2) is 5.26 Å². The number of nitrogen functional groups attached to an aromatic ring is 1. The van der Waals surface area contributed by atoms with Crippen molar-refractivity contribution < 1.29 is 14.6 Å². The van der Waals surface area contributed by atoms with Gasteiger partial charge in [0.15, 0.2) is 0 Å². The Balaban J connectivity index is 2.52. The molecule has 0 unspecified atom stereocenters. The maximum atomic E-state index is 7.81. The molecule has 0 amide bonds. The number of nitrogens with two attached hydrogens (primary N) is 1. The molecule has 3 N–H and O–H groups in total. The zero-order chi connectivity index (χ0) is 8.10.